The van der Waals surface area contributed by atoms with Crippen molar-refractivity contribution in [2.75, 3.05) is 51.9 Å². The number of amides is 1. The van der Waals surface area contributed by atoms with Gasteiger partial charge >= 0.3 is 0 Å². The number of fused-ring (bicyclic) bond motifs is 9. The van der Waals surface area contributed by atoms with Crippen molar-refractivity contribution in [3.05, 3.63) is 96.3 Å². The van der Waals surface area contributed by atoms with Crippen molar-refractivity contribution < 1.29 is 23.7 Å². The van der Waals surface area contributed by atoms with Gasteiger partial charge in [0.1, 0.15) is 23.7 Å². The Labute approximate surface area is 379 Å². The van der Waals surface area contributed by atoms with Crippen molar-refractivity contribution in [1.29, 1.82) is 0 Å². The summed E-state index contributed by atoms with van der Waals surface area (Å²) in [5.41, 5.74) is 9.33. The summed E-state index contributed by atoms with van der Waals surface area (Å²) >= 11 is 1.83. The maximum Gasteiger partial charge on any atom is 0.242 e. The maximum atomic E-state index is 11.3. The summed E-state index contributed by atoms with van der Waals surface area (Å²) in [5.74, 6) is 6.61. The molecule has 3 aromatic carbocycles. The SMILES string of the molecule is CC[C@H]1CN2CC[C@H]1C[C@H]2[C@H](Oc1nnc(O[C@H](c2ccnc3ccc(OC)cc23)[C@@H]2C[C@@H]3CCN2C[C@@H]3CCSCCC(N)=O)c2ccccc12)c1ccnc2ccc(OC)cc12. The quantitative estimate of drug-likeness (QED) is 0.0877. The second kappa shape index (κ2) is 18.7. The first kappa shape index (κ1) is 42.7. The van der Waals surface area contributed by atoms with E-state index in [1.165, 1.54) is 19.3 Å². The number of piperidine rings is 6. The van der Waals surface area contributed by atoms with Crippen LogP contribution < -0.4 is 24.7 Å². The number of hydrogen-bond donors (Lipinski definition) is 1. The zero-order valence-electron chi connectivity index (χ0n) is 37.1. The van der Waals surface area contributed by atoms with Gasteiger partial charge in [-0.15, -0.1) is 10.2 Å². The first-order valence-corrected chi connectivity index (χ1v) is 24.3. The number of nitrogens with zero attached hydrogens (tertiary/aromatic N) is 6. The molecule has 13 heteroatoms. The monoisotopic (exact) mass is 881 g/mol. The molecule has 0 aliphatic carbocycles. The lowest BCUT2D eigenvalue weighted by Crippen LogP contribution is -2.56. The summed E-state index contributed by atoms with van der Waals surface area (Å²) in [6.45, 7) is 6.48. The molecule has 0 spiro atoms. The normalized spacial score (nSPS) is 25.9. The number of carbonyl (C=O) groups excluding carboxylic acids is 1. The Hall–Kier alpha value is -5.24. The van der Waals surface area contributed by atoms with Crippen LogP contribution >= 0.6 is 11.8 Å². The van der Waals surface area contributed by atoms with E-state index in [2.05, 4.69) is 53.1 Å². The van der Waals surface area contributed by atoms with Gasteiger partial charge in [0.15, 0.2) is 0 Å². The standard InChI is InChI=1S/C51H59N7O5S/c1-4-31-29-57-21-15-32(31)25-45(57)48(37-13-19-53-43-11-9-35(60-2)27-41(37)43)62-50-39-7-5-6-8-40(39)51(56-55-50)63-49(38-14-20-54-44-12-10-36(61-3)28-42(38)44)46-26-33-16-22-58(46)30-34(33)17-23-64-24-18-47(52)59/h5-14,19-20,27-28,31-34,45-46,48-49H,4,15-18,21-26,29-30H2,1-3H3,(H2,52,59)/t31-,32-,33-,34-,45-,46-,48+,49+/m0/s1. The number of benzene rings is 3. The number of primary amides is 1. The molecule has 6 saturated heterocycles. The Balaban J connectivity index is 1.01. The van der Waals surface area contributed by atoms with Crippen LogP contribution in [-0.4, -0.2) is 99.9 Å². The van der Waals surface area contributed by atoms with E-state index in [1.807, 2.05) is 60.6 Å². The van der Waals surface area contributed by atoms with Crippen LogP contribution in [0.15, 0.2) is 85.2 Å². The van der Waals surface area contributed by atoms with E-state index in [-0.39, 0.29) is 30.2 Å². The van der Waals surface area contributed by atoms with Gasteiger partial charge in [-0.2, -0.15) is 11.8 Å². The van der Waals surface area contributed by atoms with Crippen LogP contribution in [0.3, 0.4) is 0 Å². The highest BCUT2D eigenvalue weighted by molar-refractivity contribution is 7.99. The Bertz CT molecular complexity index is 2630. The molecule has 0 saturated carbocycles. The molecule has 0 radical (unpaired) electrons. The van der Waals surface area contributed by atoms with E-state index in [4.69, 9.17) is 44.8 Å². The summed E-state index contributed by atoms with van der Waals surface area (Å²) < 4.78 is 26.1. The third-order valence-electron chi connectivity index (χ3n) is 14.9. The summed E-state index contributed by atoms with van der Waals surface area (Å²) in [6, 6.07) is 24.8. The fourth-order valence-corrected chi connectivity index (χ4v) is 12.5. The predicted molar refractivity (Wildman–Crippen MR) is 252 cm³/mol. The highest BCUT2D eigenvalue weighted by atomic mass is 32.2. The van der Waals surface area contributed by atoms with E-state index < -0.39 is 0 Å². The number of thioether (sulfide) groups is 1. The molecule has 2 N–H and O–H groups in total. The highest BCUT2D eigenvalue weighted by Crippen LogP contribution is 2.48. The molecule has 9 heterocycles. The number of carbonyl (C=O) groups is 1. The van der Waals surface area contributed by atoms with Crippen LogP contribution in [0.1, 0.15) is 75.2 Å². The van der Waals surface area contributed by atoms with Crippen molar-refractivity contribution >= 4 is 50.2 Å². The summed E-state index contributed by atoms with van der Waals surface area (Å²) in [6.07, 6.45) is 10.3. The highest BCUT2D eigenvalue weighted by Gasteiger charge is 2.46. The van der Waals surface area contributed by atoms with Crippen LogP contribution in [-0.2, 0) is 4.79 Å². The van der Waals surface area contributed by atoms with Gasteiger partial charge in [-0.3, -0.25) is 24.6 Å². The zero-order valence-corrected chi connectivity index (χ0v) is 37.9. The second-order valence-corrected chi connectivity index (χ2v) is 19.5. The smallest absolute Gasteiger partial charge is 0.242 e. The van der Waals surface area contributed by atoms with Gasteiger partial charge in [0.05, 0.1) is 48.1 Å². The van der Waals surface area contributed by atoms with Crippen molar-refractivity contribution in [3.63, 3.8) is 0 Å². The minimum atomic E-state index is -0.362. The van der Waals surface area contributed by atoms with E-state index in [0.717, 1.165) is 112 Å². The van der Waals surface area contributed by atoms with Gasteiger partial charge in [-0.1, -0.05) is 25.5 Å². The van der Waals surface area contributed by atoms with Crippen LogP contribution in [0.2, 0.25) is 0 Å². The first-order valence-electron chi connectivity index (χ1n) is 23.2. The first-order chi connectivity index (χ1) is 31.4. The molecule has 12 rings (SSSR count). The number of hydrogen-bond acceptors (Lipinski definition) is 12. The molecule has 6 fully saturated rings. The maximum absolute atomic E-state index is 11.3. The lowest BCUT2D eigenvalue weighted by atomic mass is 9.72. The molecule has 64 heavy (non-hydrogen) atoms. The van der Waals surface area contributed by atoms with Crippen molar-refractivity contribution in [2.24, 2.45) is 29.4 Å². The molecule has 2 unspecified atom stereocenters. The van der Waals surface area contributed by atoms with Gasteiger partial charge < -0.3 is 24.7 Å². The molecule has 1 amide bonds. The summed E-state index contributed by atoms with van der Waals surface area (Å²) in [4.78, 5) is 26.1. The van der Waals surface area contributed by atoms with Crippen molar-refractivity contribution in [2.45, 2.75) is 76.2 Å². The van der Waals surface area contributed by atoms with E-state index >= 15 is 0 Å². The van der Waals surface area contributed by atoms with Gasteiger partial charge in [-0.05, 0) is 135 Å². The van der Waals surface area contributed by atoms with E-state index in [1.54, 1.807) is 14.2 Å². The van der Waals surface area contributed by atoms with Crippen LogP contribution in [0.4, 0.5) is 0 Å². The fraction of sp³-hybridized carbons (Fsp3) is 0.471. The van der Waals surface area contributed by atoms with Gasteiger partial charge in [0, 0.05) is 59.6 Å². The molecule has 3 aromatic heterocycles. The number of ether oxygens (including phenoxy) is 4. The van der Waals surface area contributed by atoms with Crippen LogP contribution in [0, 0.1) is 23.7 Å². The summed E-state index contributed by atoms with van der Waals surface area (Å²) in [5, 5.41) is 13.6. The molecular weight excluding hydrogens is 823 g/mol. The lowest BCUT2D eigenvalue weighted by Gasteiger charge is -2.52. The van der Waals surface area contributed by atoms with Crippen molar-refractivity contribution in [3.8, 4) is 23.3 Å². The molecule has 12 nitrogen and oxygen atoms in total. The molecular formula is C51H59N7O5S. The number of pyridine rings is 2. The largest absolute Gasteiger partial charge is 0.497 e. The minimum Gasteiger partial charge on any atom is -0.497 e. The van der Waals surface area contributed by atoms with Gasteiger partial charge in [-0.25, -0.2) is 0 Å². The molecule has 334 valence electrons. The predicted octanol–water partition coefficient (Wildman–Crippen LogP) is 8.81. The minimum absolute atomic E-state index is 0.106. The average Bonchev–Trinajstić information content (AvgIpc) is 3.34. The Kier molecular flexibility index (Phi) is 12.5. The Morgan fingerprint density at radius 3 is 1.72 bits per heavy atom. The molecule has 6 aromatic rings. The topological polar surface area (TPSA) is 138 Å². The molecule has 6 aliphatic heterocycles. The van der Waals surface area contributed by atoms with Crippen LogP contribution in [0.25, 0.3) is 32.6 Å². The third kappa shape index (κ3) is 8.42. The zero-order chi connectivity index (χ0) is 43.7. The van der Waals surface area contributed by atoms with Gasteiger partial charge in [0.2, 0.25) is 17.7 Å². The van der Waals surface area contributed by atoms with Crippen molar-refractivity contribution in [1.82, 2.24) is 30.0 Å². The molecule has 6 aliphatic rings. The average molecular weight is 882 g/mol. The van der Waals surface area contributed by atoms with E-state index in [9.17, 15) is 4.79 Å². The Morgan fingerprint density at radius 1 is 0.719 bits per heavy atom. The summed E-state index contributed by atoms with van der Waals surface area (Å²) in [7, 11) is 3.40. The second-order valence-electron chi connectivity index (χ2n) is 18.2. The van der Waals surface area contributed by atoms with E-state index in [0.29, 0.717) is 41.9 Å². The molecule has 10 atom stereocenters. The fourth-order valence-electron chi connectivity index (χ4n) is 11.5. The van der Waals surface area contributed by atoms with Gasteiger partial charge in [0.25, 0.3) is 0 Å². The third-order valence-corrected chi connectivity index (χ3v) is 15.9. The number of aromatic nitrogens is 4. The van der Waals surface area contributed by atoms with Crippen LogP contribution in [0.5, 0.6) is 23.3 Å². The lowest BCUT2D eigenvalue weighted by molar-refractivity contribution is -0.117. The molecule has 4 bridgehead atoms. The number of methoxy groups -OCH3 is 2. The number of nitrogens with two attached hydrogens (primary N) is 1. The Morgan fingerprint density at radius 2 is 1.25 bits per heavy atom. The number of rotatable bonds is 17.